The van der Waals surface area contributed by atoms with Gasteiger partial charge in [-0.1, -0.05) is 54.5 Å². The highest BCUT2D eigenvalue weighted by Gasteiger charge is 2.64. The van der Waals surface area contributed by atoms with E-state index in [-0.39, 0.29) is 29.7 Å². The van der Waals surface area contributed by atoms with Crippen LogP contribution in [0.25, 0.3) is 5.76 Å². The number of phenols is 1. The number of aryl methyl sites for hydroxylation is 1. The van der Waals surface area contributed by atoms with Crippen LogP contribution in [-0.4, -0.2) is 68.4 Å². The predicted octanol–water partition coefficient (Wildman–Crippen LogP) is 4.34. The van der Waals surface area contributed by atoms with Crippen LogP contribution in [0.4, 0.5) is 0 Å². The number of nitrogens with zero attached hydrogens (tertiary/aromatic N) is 1. The zero-order chi connectivity index (χ0) is 30.3. The SMILES string of the molecule is CCc1cc(C(C)(C)C)c(O)c2c1C[C@H]1C[C@H]3[C@H](N(C)C)C(=O)C(C(=O)CC(C)(C)C)=C(O)[C@@]3(O)C(=O)C1=C2O. The molecule has 1 aromatic carbocycles. The number of aliphatic hydroxyl groups is 3. The number of aromatic hydroxyl groups is 1. The van der Waals surface area contributed by atoms with Crippen molar-refractivity contribution in [2.24, 2.45) is 17.3 Å². The highest BCUT2D eigenvalue weighted by molar-refractivity contribution is 6.25. The number of Topliss-reactive ketones (excluding diaryl/α,β-unsaturated/α-hetero) is 3. The zero-order valence-electron chi connectivity index (χ0n) is 25.1. The van der Waals surface area contributed by atoms with Crippen molar-refractivity contribution in [1.82, 2.24) is 4.90 Å². The minimum absolute atomic E-state index is 0.0690. The quantitative estimate of drug-likeness (QED) is 0.405. The van der Waals surface area contributed by atoms with Crippen LogP contribution in [0.15, 0.2) is 23.0 Å². The fourth-order valence-electron chi connectivity index (χ4n) is 6.88. The average molecular weight is 554 g/mol. The first kappa shape index (κ1) is 30.0. The van der Waals surface area contributed by atoms with Crippen molar-refractivity contribution in [3.8, 4) is 5.75 Å². The van der Waals surface area contributed by atoms with E-state index in [9.17, 15) is 34.8 Å². The van der Waals surface area contributed by atoms with Crippen molar-refractivity contribution in [2.75, 3.05) is 14.1 Å². The lowest BCUT2D eigenvalue weighted by Crippen LogP contribution is -2.65. The third-order valence-electron chi connectivity index (χ3n) is 8.73. The first-order valence-corrected chi connectivity index (χ1v) is 14.0. The van der Waals surface area contributed by atoms with E-state index in [0.717, 1.165) is 11.1 Å². The smallest absolute Gasteiger partial charge is 0.202 e. The molecule has 1 aromatic rings. The topological polar surface area (TPSA) is 135 Å². The Morgan fingerprint density at radius 1 is 1.07 bits per heavy atom. The summed E-state index contributed by atoms with van der Waals surface area (Å²) in [6.07, 6.45) is 1.01. The Balaban J connectivity index is 1.99. The Bertz CT molecular complexity index is 1370. The molecule has 0 bridgehead atoms. The lowest BCUT2D eigenvalue weighted by Gasteiger charge is -2.50. The lowest BCUT2D eigenvalue weighted by molar-refractivity contribution is -0.153. The fourth-order valence-corrected chi connectivity index (χ4v) is 6.88. The Morgan fingerprint density at radius 3 is 2.17 bits per heavy atom. The van der Waals surface area contributed by atoms with E-state index in [4.69, 9.17) is 0 Å². The van der Waals surface area contributed by atoms with Crippen LogP contribution in [-0.2, 0) is 32.6 Å². The summed E-state index contributed by atoms with van der Waals surface area (Å²) in [5, 5.41) is 46.4. The molecule has 8 heteroatoms. The minimum atomic E-state index is -2.58. The molecule has 1 saturated carbocycles. The number of rotatable bonds is 4. The summed E-state index contributed by atoms with van der Waals surface area (Å²) in [7, 11) is 3.28. The van der Waals surface area contributed by atoms with Crippen LogP contribution in [0.5, 0.6) is 5.75 Å². The monoisotopic (exact) mass is 553 g/mol. The second-order valence-corrected chi connectivity index (χ2v) is 14.1. The first-order valence-electron chi connectivity index (χ1n) is 14.0. The summed E-state index contributed by atoms with van der Waals surface area (Å²) in [5.41, 5.74) is -1.69. The van der Waals surface area contributed by atoms with Crippen LogP contribution in [0.2, 0.25) is 0 Å². The van der Waals surface area contributed by atoms with Crippen LogP contribution in [0.1, 0.15) is 83.6 Å². The highest BCUT2D eigenvalue weighted by Crippen LogP contribution is 2.54. The van der Waals surface area contributed by atoms with E-state index in [1.165, 1.54) is 0 Å². The third kappa shape index (κ3) is 4.40. The molecule has 0 radical (unpaired) electrons. The molecule has 3 aliphatic rings. The number of aliphatic hydroxyl groups excluding tert-OH is 2. The molecule has 0 heterocycles. The molecule has 4 rings (SSSR count). The molecule has 0 saturated heterocycles. The van der Waals surface area contributed by atoms with E-state index in [2.05, 4.69) is 0 Å². The third-order valence-corrected chi connectivity index (χ3v) is 8.73. The molecular formula is C32H43NO7. The van der Waals surface area contributed by atoms with Gasteiger partial charge in [-0.3, -0.25) is 19.3 Å². The summed E-state index contributed by atoms with van der Waals surface area (Å²) in [4.78, 5) is 42.8. The van der Waals surface area contributed by atoms with Gasteiger partial charge in [-0.05, 0) is 61.2 Å². The second kappa shape index (κ2) is 9.55. The maximum atomic E-state index is 14.2. The maximum Gasteiger partial charge on any atom is 0.202 e. The molecular weight excluding hydrogens is 510 g/mol. The number of carbonyl (C=O) groups excluding carboxylic acids is 3. The van der Waals surface area contributed by atoms with E-state index in [0.29, 0.717) is 18.4 Å². The number of phenolic OH excluding ortho intramolecular Hbond substituents is 1. The lowest BCUT2D eigenvalue weighted by atomic mass is 9.57. The minimum Gasteiger partial charge on any atom is -0.508 e. The molecule has 0 unspecified atom stereocenters. The Kier molecular flexibility index (Phi) is 7.16. The maximum absolute atomic E-state index is 14.2. The number of ketones is 3. The number of benzene rings is 1. The van der Waals surface area contributed by atoms with Crippen molar-refractivity contribution in [2.45, 2.75) is 91.2 Å². The van der Waals surface area contributed by atoms with Gasteiger partial charge in [-0.15, -0.1) is 0 Å². The van der Waals surface area contributed by atoms with Crippen LogP contribution >= 0.6 is 0 Å². The van der Waals surface area contributed by atoms with Crippen molar-refractivity contribution in [3.05, 3.63) is 45.2 Å². The molecule has 3 aliphatic carbocycles. The van der Waals surface area contributed by atoms with E-state index >= 15 is 0 Å². The Labute approximate surface area is 236 Å². The van der Waals surface area contributed by atoms with Crippen molar-refractivity contribution in [1.29, 1.82) is 0 Å². The number of hydrogen-bond acceptors (Lipinski definition) is 8. The average Bonchev–Trinajstić information content (AvgIpc) is 2.79. The van der Waals surface area contributed by atoms with Gasteiger partial charge >= 0.3 is 0 Å². The summed E-state index contributed by atoms with van der Waals surface area (Å²) in [6, 6.07) is 0.915. The second-order valence-electron chi connectivity index (χ2n) is 14.1. The van der Waals surface area contributed by atoms with Crippen molar-refractivity contribution in [3.63, 3.8) is 0 Å². The molecule has 4 N–H and O–H groups in total. The van der Waals surface area contributed by atoms with Crippen LogP contribution in [0.3, 0.4) is 0 Å². The summed E-state index contributed by atoms with van der Waals surface area (Å²) in [6.45, 7) is 13.3. The fraction of sp³-hybridized carbons (Fsp3) is 0.594. The normalized spacial score (nSPS) is 27.1. The van der Waals surface area contributed by atoms with Crippen LogP contribution < -0.4 is 0 Å². The number of fused-ring (bicyclic) bond motifs is 3. The van der Waals surface area contributed by atoms with E-state index < -0.39 is 68.7 Å². The zero-order valence-corrected chi connectivity index (χ0v) is 25.1. The van der Waals surface area contributed by atoms with Crippen molar-refractivity contribution >= 4 is 23.1 Å². The standard InChI is InChI=1S/C32H43NO7/c1-10-15-12-19(31(5,6)7)25(35)22-17(15)11-16-13-18-24(33(8)9)27(37)23(20(34)14-30(2,3)4)29(39)32(18,40)28(38)21(16)26(22)36/h12,16,18,24,35-36,39-40H,10-11,13-14H2,1-9H3/t16-,18-,24-,32-/m0/s1. The number of hydrogen-bond donors (Lipinski definition) is 4. The van der Waals surface area contributed by atoms with Crippen LogP contribution in [0, 0.1) is 17.3 Å². The van der Waals surface area contributed by atoms with Gasteiger partial charge in [0.15, 0.2) is 17.2 Å². The summed E-state index contributed by atoms with van der Waals surface area (Å²) >= 11 is 0. The van der Waals surface area contributed by atoms with Crippen molar-refractivity contribution < 1.29 is 34.8 Å². The van der Waals surface area contributed by atoms with Gasteiger partial charge in [0.05, 0.1) is 11.6 Å². The molecule has 40 heavy (non-hydrogen) atoms. The van der Waals surface area contributed by atoms with Gasteiger partial charge in [0.1, 0.15) is 22.8 Å². The van der Waals surface area contributed by atoms with Gasteiger partial charge < -0.3 is 20.4 Å². The van der Waals surface area contributed by atoms with Gasteiger partial charge in [-0.2, -0.15) is 0 Å². The molecule has 8 nitrogen and oxygen atoms in total. The Hall–Kier alpha value is -2.97. The van der Waals surface area contributed by atoms with E-state index in [1.807, 2.05) is 54.5 Å². The molecule has 1 fully saturated rings. The van der Waals surface area contributed by atoms with E-state index in [1.54, 1.807) is 19.0 Å². The largest absolute Gasteiger partial charge is 0.508 e. The summed E-state index contributed by atoms with van der Waals surface area (Å²) in [5.74, 6) is -5.26. The molecule has 0 aromatic heterocycles. The van der Waals surface area contributed by atoms with Gasteiger partial charge in [-0.25, -0.2) is 0 Å². The highest BCUT2D eigenvalue weighted by atomic mass is 16.3. The molecule has 218 valence electrons. The number of likely N-dealkylation sites (N-methyl/N-ethyl adjacent to an activating group) is 1. The molecule has 0 spiro atoms. The molecule has 0 amide bonds. The van der Waals surface area contributed by atoms with Gasteiger partial charge in [0.25, 0.3) is 0 Å². The Morgan fingerprint density at radius 2 is 1.68 bits per heavy atom. The van der Waals surface area contributed by atoms with Gasteiger partial charge in [0, 0.05) is 23.5 Å². The van der Waals surface area contributed by atoms with Gasteiger partial charge in [0.2, 0.25) is 5.78 Å². The predicted molar refractivity (Wildman–Crippen MR) is 152 cm³/mol. The molecule has 4 atom stereocenters. The molecule has 0 aliphatic heterocycles. The first-order chi connectivity index (χ1) is 18.3. The summed E-state index contributed by atoms with van der Waals surface area (Å²) < 4.78 is 0. The number of carbonyl (C=O) groups is 3.